The summed E-state index contributed by atoms with van der Waals surface area (Å²) in [7, 11) is 0. The Bertz CT molecular complexity index is 1740. The van der Waals surface area contributed by atoms with Gasteiger partial charge in [0.25, 0.3) is 17.7 Å². The van der Waals surface area contributed by atoms with Crippen molar-refractivity contribution in [3.8, 4) is 0 Å². The van der Waals surface area contributed by atoms with Crippen molar-refractivity contribution in [1.29, 1.82) is 0 Å². The van der Waals surface area contributed by atoms with Crippen molar-refractivity contribution in [3.05, 3.63) is 131 Å². The zero-order valence-electron chi connectivity index (χ0n) is 27.8. The number of carbonyl (C=O) groups excluding carboxylic acids is 4. The van der Waals surface area contributed by atoms with Gasteiger partial charge in [-0.3, -0.25) is 24.1 Å². The van der Waals surface area contributed by atoms with Gasteiger partial charge in [-0.1, -0.05) is 111 Å². The number of anilines is 2. The lowest BCUT2D eigenvalue weighted by molar-refractivity contribution is -0.123. The highest BCUT2D eigenvalue weighted by atomic mass is 16.2. The van der Waals surface area contributed by atoms with E-state index in [9.17, 15) is 14.4 Å². The van der Waals surface area contributed by atoms with Crippen LogP contribution in [0.2, 0.25) is 0 Å². The largest absolute Gasteiger partial charge is 0.309 e. The topological polar surface area (TPSA) is 78.0 Å². The number of amides is 4. The number of hydrogen-bond acceptors (Lipinski definition) is 4. The van der Waals surface area contributed by atoms with E-state index >= 15 is 4.79 Å². The van der Waals surface area contributed by atoms with Crippen LogP contribution in [0.25, 0.3) is 0 Å². The number of para-hydroxylation sites is 2. The molecule has 0 saturated carbocycles. The van der Waals surface area contributed by atoms with Crippen molar-refractivity contribution in [2.75, 3.05) is 9.80 Å². The Morgan fingerprint density at radius 2 is 1.33 bits per heavy atom. The molecule has 0 spiro atoms. The fourth-order valence-corrected chi connectivity index (χ4v) is 7.23. The maximum atomic E-state index is 15.2. The first kappa shape index (κ1) is 32.9. The molecule has 0 radical (unpaired) electrons. The van der Waals surface area contributed by atoms with E-state index in [1.807, 2.05) is 96.8 Å². The quantitative estimate of drug-likeness (QED) is 0.116. The molecule has 48 heavy (non-hydrogen) atoms. The van der Waals surface area contributed by atoms with E-state index < -0.39 is 23.9 Å². The standard InChI is InChI=1S/C41H43N3O4/c1-3-4-5-6-13-26-38(45)42-29(2)27-36(34-24-16-17-25-35(34)42)43(31-20-11-8-12-21-31)41(48)37(28-30-18-9-7-10-19-30)44-39(46)32-22-14-15-23-33(32)40(44)47/h7-12,14-25,29,36-37H,3-6,13,26-28H2,1-2H3/t29-,36+,37-/m1/s1. The lowest BCUT2D eigenvalue weighted by Crippen LogP contribution is -2.55. The zero-order valence-corrected chi connectivity index (χ0v) is 27.8. The van der Waals surface area contributed by atoms with Gasteiger partial charge >= 0.3 is 0 Å². The predicted octanol–water partition coefficient (Wildman–Crippen LogP) is 8.15. The van der Waals surface area contributed by atoms with E-state index in [1.54, 1.807) is 29.2 Å². The van der Waals surface area contributed by atoms with Gasteiger partial charge in [0.15, 0.2) is 0 Å². The molecule has 4 aromatic rings. The Hall–Kier alpha value is -5.04. The van der Waals surface area contributed by atoms with Gasteiger partial charge < -0.3 is 9.80 Å². The predicted molar refractivity (Wildman–Crippen MR) is 189 cm³/mol. The van der Waals surface area contributed by atoms with Gasteiger partial charge in [-0.05, 0) is 61.2 Å². The first-order valence-electron chi connectivity index (χ1n) is 17.2. The van der Waals surface area contributed by atoms with E-state index in [4.69, 9.17) is 0 Å². The van der Waals surface area contributed by atoms with Gasteiger partial charge in [0.2, 0.25) is 5.91 Å². The average Bonchev–Trinajstić information content (AvgIpc) is 3.36. The molecule has 0 N–H and O–H groups in total. The molecule has 0 bridgehead atoms. The van der Waals surface area contributed by atoms with Gasteiger partial charge in [-0.2, -0.15) is 0 Å². The minimum absolute atomic E-state index is 0.0930. The summed E-state index contributed by atoms with van der Waals surface area (Å²) in [6.07, 6.45) is 6.49. The Balaban J connectivity index is 1.40. The Labute approximate surface area is 283 Å². The van der Waals surface area contributed by atoms with Crippen molar-refractivity contribution in [1.82, 2.24) is 4.90 Å². The molecular weight excluding hydrogens is 598 g/mol. The summed E-state index contributed by atoms with van der Waals surface area (Å²) in [4.78, 5) is 61.5. The van der Waals surface area contributed by atoms with Gasteiger partial charge in [0, 0.05) is 30.3 Å². The molecule has 7 nitrogen and oxygen atoms in total. The van der Waals surface area contributed by atoms with Crippen LogP contribution in [0.1, 0.15) is 96.7 Å². The molecule has 0 fully saturated rings. The fraction of sp³-hybridized carbons (Fsp3) is 0.317. The van der Waals surface area contributed by atoms with Crippen LogP contribution < -0.4 is 9.80 Å². The van der Waals surface area contributed by atoms with E-state index in [1.165, 1.54) is 6.42 Å². The number of carbonyl (C=O) groups is 4. The molecule has 0 aliphatic carbocycles. The molecule has 0 aromatic heterocycles. The van der Waals surface area contributed by atoms with Crippen LogP contribution in [0, 0.1) is 0 Å². The minimum Gasteiger partial charge on any atom is -0.309 e. The zero-order chi connectivity index (χ0) is 33.6. The molecule has 0 unspecified atom stereocenters. The fourth-order valence-electron chi connectivity index (χ4n) is 7.23. The minimum atomic E-state index is -1.09. The highest BCUT2D eigenvalue weighted by molar-refractivity contribution is 6.23. The van der Waals surface area contributed by atoms with Crippen LogP contribution >= 0.6 is 0 Å². The van der Waals surface area contributed by atoms with E-state index in [2.05, 4.69) is 6.92 Å². The maximum absolute atomic E-state index is 15.2. The molecule has 4 aromatic carbocycles. The molecule has 6 rings (SSSR count). The summed E-state index contributed by atoms with van der Waals surface area (Å²) in [5, 5.41) is 0. The summed E-state index contributed by atoms with van der Waals surface area (Å²) in [6.45, 7) is 4.22. The molecule has 7 heteroatoms. The molecule has 4 amide bonds. The first-order chi connectivity index (χ1) is 23.4. The van der Waals surface area contributed by atoms with E-state index in [0.717, 1.165) is 47.4 Å². The monoisotopic (exact) mass is 641 g/mol. The van der Waals surface area contributed by atoms with Crippen LogP contribution in [-0.2, 0) is 16.0 Å². The Kier molecular flexibility index (Phi) is 10.1. The molecule has 2 aliphatic rings. The van der Waals surface area contributed by atoms with E-state index in [-0.39, 0.29) is 24.3 Å². The van der Waals surface area contributed by atoms with Crippen molar-refractivity contribution >= 4 is 35.0 Å². The summed E-state index contributed by atoms with van der Waals surface area (Å²) in [6, 6.07) is 31.8. The molecule has 2 aliphatic heterocycles. The molecule has 0 saturated heterocycles. The summed E-state index contributed by atoms with van der Waals surface area (Å²) in [5.41, 5.74) is 3.79. The maximum Gasteiger partial charge on any atom is 0.262 e. The second-order valence-electron chi connectivity index (χ2n) is 12.9. The first-order valence-corrected chi connectivity index (χ1v) is 17.2. The van der Waals surface area contributed by atoms with Crippen LogP contribution in [0.3, 0.4) is 0 Å². The number of fused-ring (bicyclic) bond motifs is 2. The van der Waals surface area contributed by atoms with Crippen molar-refractivity contribution in [2.24, 2.45) is 0 Å². The smallest absolute Gasteiger partial charge is 0.262 e. The molecular formula is C41H43N3O4. The number of unbranched alkanes of at least 4 members (excludes halogenated alkanes) is 4. The Morgan fingerprint density at radius 3 is 2.00 bits per heavy atom. The second kappa shape index (κ2) is 14.8. The SMILES string of the molecule is CCCCCCCC(=O)N1c2ccccc2[C@@H](N(C(=O)[C@@H](Cc2ccccc2)N2C(=O)c3ccccc3C2=O)c2ccccc2)C[C@H]1C. The number of hydrogen-bond donors (Lipinski definition) is 0. The summed E-state index contributed by atoms with van der Waals surface area (Å²) >= 11 is 0. The lowest BCUT2D eigenvalue weighted by Gasteiger charge is -2.45. The Morgan fingerprint density at radius 1 is 0.750 bits per heavy atom. The normalized spacial score (nSPS) is 17.5. The number of nitrogens with zero attached hydrogens (tertiary/aromatic N) is 3. The van der Waals surface area contributed by atoms with Gasteiger partial charge in [-0.25, -0.2) is 0 Å². The number of benzene rings is 4. The number of rotatable bonds is 12. The molecule has 3 atom stereocenters. The molecule has 246 valence electrons. The van der Waals surface area contributed by atoms with Gasteiger partial charge in [0.05, 0.1) is 17.2 Å². The third-order valence-corrected chi connectivity index (χ3v) is 9.60. The van der Waals surface area contributed by atoms with Crippen LogP contribution in [0.5, 0.6) is 0 Å². The molecule has 2 heterocycles. The second-order valence-corrected chi connectivity index (χ2v) is 12.9. The van der Waals surface area contributed by atoms with Crippen LogP contribution in [0.4, 0.5) is 11.4 Å². The van der Waals surface area contributed by atoms with Crippen LogP contribution in [-0.4, -0.2) is 40.6 Å². The third-order valence-electron chi connectivity index (χ3n) is 9.60. The van der Waals surface area contributed by atoms with Crippen molar-refractivity contribution in [3.63, 3.8) is 0 Å². The summed E-state index contributed by atoms with van der Waals surface area (Å²) < 4.78 is 0. The third kappa shape index (κ3) is 6.55. The van der Waals surface area contributed by atoms with Crippen molar-refractivity contribution < 1.29 is 19.2 Å². The summed E-state index contributed by atoms with van der Waals surface area (Å²) in [5.74, 6) is -1.19. The van der Waals surface area contributed by atoms with Gasteiger partial charge in [0.1, 0.15) is 6.04 Å². The van der Waals surface area contributed by atoms with Crippen LogP contribution in [0.15, 0.2) is 109 Å². The van der Waals surface area contributed by atoms with Crippen molar-refractivity contribution in [2.45, 2.75) is 83.3 Å². The highest BCUT2D eigenvalue weighted by Gasteiger charge is 2.46. The average molecular weight is 642 g/mol. The van der Waals surface area contributed by atoms with Gasteiger partial charge in [-0.15, -0.1) is 0 Å². The van der Waals surface area contributed by atoms with E-state index in [0.29, 0.717) is 29.7 Å². The number of imide groups is 1. The highest BCUT2D eigenvalue weighted by Crippen LogP contribution is 2.43. The lowest BCUT2D eigenvalue weighted by atomic mass is 9.88.